The van der Waals surface area contributed by atoms with Gasteiger partial charge < -0.3 is 15.5 Å². The Morgan fingerprint density at radius 3 is 1.52 bits per heavy atom. The van der Waals surface area contributed by atoms with Crippen molar-refractivity contribution in [3.63, 3.8) is 0 Å². The smallest absolute Gasteiger partial charge is 0.220 e. The number of allylic oxidation sites excluding steroid dienone is 11. The fourth-order valence-corrected chi connectivity index (χ4v) is 5.22. The zero-order valence-electron chi connectivity index (χ0n) is 30.1. The van der Waals surface area contributed by atoms with E-state index in [0.717, 1.165) is 70.6 Å². The molecule has 4 heteroatoms. The Hall–Kier alpha value is -2.17. The molecule has 2 atom stereocenters. The summed E-state index contributed by atoms with van der Waals surface area (Å²) in [6.45, 7) is 4.15. The Kier molecular flexibility index (Phi) is 35.5. The molecule has 0 radical (unpaired) electrons. The van der Waals surface area contributed by atoms with Crippen LogP contribution < -0.4 is 5.32 Å². The number of hydrogen-bond donors (Lipinski definition) is 3. The molecule has 0 aromatic rings. The zero-order chi connectivity index (χ0) is 33.6. The van der Waals surface area contributed by atoms with Gasteiger partial charge in [0, 0.05) is 6.42 Å². The van der Waals surface area contributed by atoms with Crippen molar-refractivity contribution in [1.82, 2.24) is 5.32 Å². The van der Waals surface area contributed by atoms with Crippen molar-refractivity contribution in [2.75, 3.05) is 6.61 Å². The van der Waals surface area contributed by atoms with Crippen LogP contribution in [0.25, 0.3) is 0 Å². The number of rotatable bonds is 33. The standard InChI is InChI=1S/C42H73NO3/c1-3-5-7-9-11-13-15-17-19-20-21-22-24-25-27-29-31-33-35-37-41(45)40(39-44)43-42(46)38-36-34-32-30-28-26-23-18-16-14-12-10-8-6-4-2/h6,8,12,14,18,21-23,27,29,35,37,40-41,44-45H,3-5,7,9-11,13,15-17,19-20,24-26,28,30-34,36,38-39H2,1-2H3,(H,43,46)/b8-6-,14-12-,22-21+,23-18-,29-27+,37-35+. The fourth-order valence-electron chi connectivity index (χ4n) is 5.22. The molecule has 3 N–H and O–H groups in total. The molecule has 0 aliphatic rings. The number of carbonyl (C=O) groups is 1. The first kappa shape index (κ1) is 43.8. The lowest BCUT2D eigenvalue weighted by atomic mass is 10.1. The second-order valence-corrected chi connectivity index (χ2v) is 12.6. The highest BCUT2D eigenvalue weighted by Crippen LogP contribution is 2.11. The molecule has 0 aliphatic heterocycles. The monoisotopic (exact) mass is 640 g/mol. The fraction of sp³-hybridized carbons (Fsp3) is 0.690. The van der Waals surface area contributed by atoms with E-state index in [1.807, 2.05) is 6.08 Å². The average molecular weight is 640 g/mol. The minimum Gasteiger partial charge on any atom is -0.394 e. The quantitative estimate of drug-likeness (QED) is 0.0494. The van der Waals surface area contributed by atoms with E-state index in [0.29, 0.717) is 6.42 Å². The minimum absolute atomic E-state index is 0.0992. The number of aliphatic hydroxyl groups is 2. The molecule has 0 saturated carbocycles. The third-order valence-electron chi connectivity index (χ3n) is 8.15. The number of unbranched alkanes of at least 4 members (excludes halogenated alkanes) is 16. The largest absolute Gasteiger partial charge is 0.394 e. The van der Waals surface area contributed by atoms with Gasteiger partial charge >= 0.3 is 0 Å². The van der Waals surface area contributed by atoms with Crippen molar-refractivity contribution in [3.8, 4) is 0 Å². The second-order valence-electron chi connectivity index (χ2n) is 12.6. The van der Waals surface area contributed by atoms with Crippen LogP contribution in [0.1, 0.15) is 168 Å². The third-order valence-corrected chi connectivity index (χ3v) is 8.15. The van der Waals surface area contributed by atoms with Crippen LogP contribution in [0.2, 0.25) is 0 Å². The molecule has 264 valence electrons. The van der Waals surface area contributed by atoms with E-state index in [2.05, 4.69) is 79.9 Å². The van der Waals surface area contributed by atoms with Crippen molar-refractivity contribution in [2.24, 2.45) is 0 Å². The van der Waals surface area contributed by atoms with Crippen LogP contribution in [0, 0.1) is 0 Å². The van der Waals surface area contributed by atoms with Crippen LogP contribution in [0.5, 0.6) is 0 Å². The Balaban J connectivity index is 3.75. The molecule has 0 heterocycles. The highest BCUT2D eigenvalue weighted by atomic mass is 16.3. The molecule has 2 unspecified atom stereocenters. The molecule has 0 aromatic carbocycles. The van der Waals surface area contributed by atoms with Gasteiger partial charge in [-0.1, -0.05) is 157 Å². The van der Waals surface area contributed by atoms with Gasteiger partial charge in [-0.2, -0.15) is 0 Å². The van der Waals surface area contributed by atoms with Crippen molar-refractivity contribution in [2.45, 2.75) is 180 Å². The first-order chi connectivity index (χ1) is 22.7. The van der Waals surface area contributed by atoms with Gasteiger partial charge in [-0.05, 0) is 77.0 Å². The van der Waals surface area contributed by atoms with E-state index in [-0.39, 0.29) is 12.5 Å². The van der Waals surface area contributed by atoms with Gasteiger partial charge in [0.05, 0.1) is 18.8 Å². The van der Waals surface area contributed by atoms with E-state index in [1.54, 1.807) is 6.08 Å². The topological polar surface area (TPSA) is 69.6 Å². The van der Waals surface area contributed by atoms with Crippen molar-refractivity contribution in [3.05, 3.63) is 72.9 Å². The lowest BCUT2D eigenvalue weighted by molar-refractivity contribution is -0.123. The summed E-state index contributed by atoms with van der Waals surface area (Å²) < 4.78 is 0. The summed E-state index contributed by atoms with van der Waals surface area (Å²) >= 11 is 0. The second kappa shape index (κ2) is 37.3. The van der Waals surface area contributed by atoms with Crippen LogP contribution in [0.4, 0.5) is 0 Å². The summed E-state index contributed by atoms with van der Waals surface area (Å²) in [5, 5.41) is 22.9. The Bertz CT molecular complexity index is 823. The average Bonchev–Trinajstić information content (AvgIpc) is 3.06. The molecule has 0 rings (SSSR count). The normalized spacial score (nSPS) is 13.9. The first-order valence-corrected chi connectivity index (χ1v) is 19.2. The van der Waals surface area contributed by atoms with Crippen molar-refractivity contribution >= 4 is 5.91 Å². The predicted molar refractivity (Wildman–Crippen MR) is 202 cm³/mol. The molecule has 4 nitrogen and oxygen atoms in total. The van der Waals surface area contributed by atoms with E-state index in [1.165, 1.54) is 77.0 Å². The molecule has 0 saturated heterocycles. The molecule has 46 heavy (non-hydrogen) atoms. The predicted octanol–water partition coefficient (Wildman–Crippen LogP) is 11.6. The molecule has 0 fully saturated rings. The number of hydrogen-bond acceptors (Lipinski definition) is 3. The number of aliphatic hydroxyl groups excluding tert-OH is 2. The number of nitrogens with one attached hydrogen (secondary N) is 1. The maximum absolute atomic E-state index is 12.3. The lowest BCUT2D eigenvalue weighted by Crippen LogP contribution is -2.45. The zero-order valence-corrected chi connectivity index (χ0v) is 30.1. The molecule has 0 spiro atoms. The van der Waals surface area contributed by atoms with Crippen molar-refractivity contribution in [1.29, 1.82) is 0 Å². The number of amides is 1. The summed E-state index contributed by atoms with van der Waals surface area (Å²) in [5.74, 6) is -0.0992. The van der Waals surface area contributed by atoms with Crippen LogP contribution in [-0.2, 0) is 4.79 Å². The van der Waals surface area contributed by atoms with E-state index < -0.39 is 12.1 Å². The van der Waals surface area contributed by atoms with Gasteiger partial charge in [0.15, 0.2) is 0 Å². The summed E-state index contributed by atoms with van der Waals surface area (Å²) in [6, 6.07) is -0.656. The van der Waals surface area contributed by atoms with E-state index in [9.17, 15) is 15.0 Å². The van der Waals surface area contributed by atoms with Gasteiger partial charge in [0.1, 0.15) is 0 Å². The maximum atomic E-state index is 12.3. The maximum Gasteiger partial charge on any atom is 0.220 e. The van der Waals surface area contributed by atoms with E-state index in [4.69, 9.17) is 0 Å². The Labute approximate surface area is 285 Å². The molecule has 0 aliphatic carbocycles. The Morgan fingerprint density at radius 2 is 0.978 bits per heavy atom. The SMILES string of the molecule is CC/C=C\C/C=C\C/C=C\CCCCCCCC(=O)NC(CO)C(O)/C=C/CC/C=C/CC/C=C/CCCCCCCCCCC. The summed E-state index contributed by atoms with van der Waals surface area (Å²) in [4.78, 5) is 12.3. The summed E-state index contributed by atoms with van der Waals surface area (Å²) in [7, 11) is 0. The molecule has 0 aromatic heterocycles. The van der Waals surface area contributed by atoms with Gasteiger partial charge in [0.2, 0.25) is 5.91 Å². The van der Waals surface area contributed by atoms with Gasteiger partial charge in [0.25, 0.3) is 0 Å². The lowest BCUT2D eigenvalue weighted by Gasteiger charge is -2.19. The highest BCUT2D eigenvalue weighted by Gasteiger charge is 2.17. The van der Waals surface area contributed by atoms with Crippen molar-refractivity contribution < 1.29 is 15.0 Å². The molecule has 1 amide bonds. The third kappa shape index (κ3) is 33.2. The summed E-state index contributed by atoms with van der Waals surface area (Å²) in [5.41, 5.74) is 0. The molecular formula is C42H73NO3. The number of carbonyl (C=O) groups excluding carboxylic acids is 1. The van der Waals surface area contributed by atoms with Crippen LogP contribution >= 0.6 is 0 Å². The molecule has 0 bridgehead atoms. The van der Waals surface area contributed by atoms with Gasteiger partial charge in [-0.3, -0.25) is 4.79 Å². The van der Waals surface area contributed by atoms with Gasteiger partial charge in [-0.15, -0.1) is 0 Å². The van der Waals surface area contributed by atoms with Crippen LogP contribution in [-0.4, -0.2) is 34.9 Å². The van der Waals surface area contributed by atoms with Crippen LogP contribution in [0.3, 0.4) is 0 Å². The highest BCUT2D eigenvalue weighted by molar-refractivity contribution is 5.76. The first-order valence-electron chi connectivity index (χ1n) is 19.2. The van der Waals surface area contributed by atoms with Gasteiger partial charge in [-0.25, -0.2) is 0 Å². The summed E-state index contributed by atoms with van der Waals surface area (Å²) in [6.07, 6.45) is 52.8. The minimum atomic E-state index is -0.879. The molecular weight excluding hydrogens is 566 g/mol. The Morgan fingerprint density at radius 1 is 0.543 bits per heavy atom. The van der Waals surface area contributed by atoms with Crippen LogP contribution in [0.15, 0.2) is 72.9 Å². The van der Waals surface area contributed by atoms with E-state index >= 15 is 0 Å².